The normalized spacial score (nSPS) is 20.0. The molecule has 2 aliphatic rings. The molecule has 0 saturated heterocycles. The van der Waals surface area contributed by atoms with Crippen LogP contribution in [0.4, 0.5) is 21.8 Å². The number of rotatable bonds is 4. The van der Waals surface area contributed by atoms with Crippen LogP contribution in [-0.2, 0) is 14.8 Å². The molecule has 9 nitrogen and oxygen atoms in total. The van der Waals surface area contributed by atoms with Gasteiger partial charge in [0.1, 0.15) is 0 Å². The first kappa shape index (κ1) is 18.6. The molecule has 2 aromatic rings. The number of carbonyl (C=O) groups is 1. The number of nitrogens with one attached hydrogen (secondary N) is 1. The van der Waals surface area contributed by atoms with Crippen LogP contribution >= 0.6 is 0 Å². The predicted octanol–water partition coefficient (Wildman–Crippen LogP) is 1.83. The fraction of sp³-hybridized carbons (Fsp3) is 0.353. The molecular formula is C17H18FN5O4S. The Labute approximate surface area is 160 Å². The molecule has 148 valence electrons. The summed E-state index contributed by atoms with van der Waals surface area (Å²) in [6.45, 7) is 0. The highest BCUT2D eigenvalue weighted by Gasteiger charge is 2.40. The van der Waals surface area contributed by atoms with Crippen molar-refractivity contribution >= 4 is 33.4 Å². The van der Waals surface area contributed by atoms with E-state index in [2.05, 4.69) is 15.3 Å². The van der Waals surface area contributed by atoms with Crippen LogP contribution in [0.2, 0.25) is 0 Å². The zero-order chi connectivity index (χ0) is 19.9. The van der Waals surface area contributed by atoms with Gasteiger partial charge in [0.05, 0.1) is 11.1 Å². The number of sulfonamides is 1. The molecule has 1 atom stereocenters. The Morgan fingerprint density at radius 2 is 1.89 bits per heavy atom. The average Bonchev–Trinajstić information content (AvgIpc) is 3.17. The van der Waals surface area contributed by atoms with Crippen molar-refractivity contribution in [2.75, 3.05) is 10.2 Å². The Morgan fingerprint density at radius 3 is 2.54 bits per heavy atom. The Kier molecular flexibility index (Phi) is 4.63. The fourth-order valence-electron chi connectivity index (χ4n) is 3.43. The second-order valence-corrected chi connectivity index (χ2v) is 8.22. The van der Waals surface area contributed by atoms with Gasteiger partial charge in [0.2, 0.25) is 16.0 Å². The maximum Gasteiger partial charge on any atom is 0.317 e. The van der Waals surface area contributed by atoms with Crippen molar-refractivity contribution in [1.82, 2.24) is 9.97 Å². The van der Waals surface area contributed by atoms with E-state index in [0.717, 1.165) is 25.7 Å². The van der Waals surface area contributed by atoms with Crippen LogP contribution in [-0.4, -0.2) is 36.7 Å². The van der Waals surface area contributed by atoms with Crippen LogP contribution < -0.4 is 20.1 Å². The largest absolute Gasteiger partial charge is 0.446 e. The van der Waals surface area contributed by atoms with Gasteiger partial charge in [-0.3, -0.25) is 9.69 Å². The lowest BCUT2D eigenvalue weighted by Gasteiger charge is -2.34. The van der Waals surface area contributed by atoms with E-state index in [0.29, 0.717) is 5.69 Å². The van der Waals surface area contributed by atoms with Crippen molar-refractivity contribution in [3.63, 3.8) is 0 Å². The summed E-state index contributed by atoms with van der Waals surface area (Å²) in [5, 5.41) is 8.00. The molecule has 3 N–H and O–H groups in total. The van der Waals surface area contributed by atoms with E-state index in [4.69, 9.17) is 9.88 Å². The van der Waals surface area contributed by atoms with E-state index < -0.39 is 22.3 Å². The van der Waals surface area contributed by atoms with E-state index >= 15 is 0 Å². The first-order chi connectivity index (χ1) is 13.3. The van der Waals surface area contributed by atoms with E-state index in [1.54, 1.807) is 0 Å². The number of aromatic nitrogens is 2. The highest BCUT2D eigenvalue weighted by Crippen LogP contribution is 2.38. The number of hydrogen-bond acceptors (Lipinski definition) is 7. The first-order valence-electron chi connectivity index (χ1n) is 8.73. The number of alkyl halides is 1. The second kappa shape index (κ2) is 6.99. The molecule has 0 bridgehead atoms. The number of amides is 1. The topological polar surface area (TPSA) is 128 Å². The molecule has 0 spiro atoms. The predicted molar refractivity (Wildman–Crippen MR) is 98.4 cm³/mol. The monoisotopic (exact) mass is 407 g/mol. The SMILES string of the molecule is NS(=O)(=O)c1ccc(Nc2ncc3c(n2)N(C2CCCC2)C(=O)C(F)O3)cc1. The van der Waals surface area contributed by atoms with Gasteiger partial charge in [0.15, 0.2) is 11.6 Å². The van der Waals surface area contributed by atoms with E-state index in [1.807, 2.05) is 0 Å². The molecule has 1 aromatic carbocycles. The molecule has 1 aliphatic heterocycles. The maximum atomic E-state index is 14.0. The molecule has 1 unspecified atom stereocenters. The van der Waals surface area contributed by atoms with Gasteiger partial charge in [-0.2, -0.15) is 9.37 Å². The Balaban J connectivity index is 1.63. The van der Waals surface area contributed by atoms with Gasteiger partial charge in [-0.1, -0.05) is 12.8 Å². The number of fused-ring (bicyclic) bond motifs is 1. The second-order valence-electron chi connectivity index (χ2n) is 6.66. The molecule has 28 heavy (non-hydrogen) atoms. The van der Waals surface area contributed by atoms with Crippen LogP contribution in [0.3, 0.4) is 0 Å². The minimum absolute atomic E-state index is 0.0233. The summed E-state index contributed by atoms with van der Waals surface area (Å²) >= 11 is 0. The summed E-state index contributed by atoms with van der Waals surface area (Å²) in [7, 11) is -3.79. The van der Waals surface area contributed by atoms with Gasteiger partial charge in [-0.15, -0.1) is 0 Å². The number of anilines is 3. The van der Waals surface area contributed by atoms with Crippen LogP contribution in [0.5, 0.6) is 5.75 Å². The van der Waals surface area contributed by atoms with E-state index in [9.17, 15) is 17.6 Å². The Morgan fingerprint density at radius 1 is 1.21 bits per heavy atom. The standard InChI is InChI=1S/C17H18FN5O4S/c18-14-16(24)23(11-3-1-2-4-11)15-13(27-14)9-20-17(22-15)21-10-5-7-12(8-6-10)28(19,25)26/h5-9,11,14H,1-4H2,(H2,19,25,26)(H,20,21,22). The van der Waals surface area contributed by atoms with Crippen molar-refractivity contribution < 1.29 is 22.3 Å². The summed E-state index contributed by atoms with van der Waals surface area (Å²) in [4.78, 5) is 22.1. The Bertz CT molecular complexity index is 1010. The fourth-order valence-corrected chi connectivity index (χ4v) is 3.94. The van der Waals surface area contributed by atoms with Crippen molar-refractivity contribution in [3.8, 4) is 5.75 Å². The average molecular weight is 407 g/mol. The van der Waals surface area contributed by atoms with Crippen LogP contribution in [0, 0.1) is 0 Å². The number of ether oxygens (including phenoxy) is 1. The number of nitrogens with zero attached hydrogens (tertiary/aromatic N) is 3. The van der Waals surface area contributed by atoms with Gasteiger partial charge in [-0.25, -0.2) is 18.5 Å². The van der Waals surface area contributed by atoms with Crippen molar-refractivity contribution in [2.45, 2.75) is 43.0 Å². The quantitative estimate of drug-likeness (QED) is 0.791. The summed E-state index contributed by atoms with van der Waals surface area (Å²) in [6, 6.07) is 5.60. The smallest absolute Gasteiger partial charge is 0.317 e. The van der Waals surface area contributed by atoms with Crippen molar-refractivity contribution in [1.29, 1.82) is 0 Å². The lowest BCUT2D eigenvalue weighted by atomic mass is 10.2. The lowest BCUT2D eigenvalue weighted by molar-refractivity contribution is -0.134. The number of halogens is 1. The first-order valence-corrected chi connectivity index (χ1v) is 10.3. The maximum absolute atomic E-state index is 14.0. The van der Waals surface area contributed by atoms with Gasteiger partial charge >= 0.3 is 12.3 Å². The van der Waals surface area contributed by atoms with E-state index in [1.165, 1.54) is 35.4 Å². The van der Waals surface area contributed by atoms with Crippen LogP contribution in [0.1, 0.15) is 25.7 Å². The van der Waals surface area contributed by atoms with Gasteiger partial charge in [0, 0.05) is 11.7 Å². The zero-order valence-corrected chi connectivity index (χ0v) is 15.5. The molecule has 4 rings (SSSR count). The van der Waals surface area contributed by atoms with Crippen LogP contribution in [0.25, 0.3) is 0 Å². The highest BCUT2D eigenvalue weighted by molar-refractivity contribution is 7.89. The third-order valence-electron chi connectivity index (χ3n) is 4.76. The summed E-state index contributed by atoms with van der Waals surface area (Å²) in [6.07, 6.45) is 2.73. The third-order valence-corrected chi connectivity index (χ3v) is 5.68. The number of nitrogens with two attached hydrogens (primary N) is 1. The van der Waals surface area contributed by atoms with Crippen molar-refractivity contribution in [3.05, 3.63) is 30.5 Å². The highest BCUT2D eigenvalue weighted by atomic mass is 32.2. The minimum Gasteiger partial charge on any atom is -0.446 e. The summed E-state index contributed by atoms with van der Waals surface area (Å²) in [5.41, 5.74) is 0.520. The van der Waals surface area contributed by atoms with Gasteiger partial charge < -0.3 is 10.1 Å². The van der Waals surface area contributed by atoms with Crippen LogP contribution in [0.15, 0.2) is 35.4 Å². The van der Waals surface area contributed by atoms with Crippen molar-refractivity contribution in [2.24, 2.45) is 5.14 Å². The molecule has 1 aromatic heterocycles. The van der Waals surface area contributed by atoms with E-state index in [-0.39, 0.29) is 28.5 Å². The minimum atomic E-state index is -3.79. The summed E-state index contributed by atoms with van der Waals surface area (Å²) in [5.74, 6) is -0.265. The molecular weight excluding hydrogens is 389 g/mol. The molecule has 1 saturated carbocycles. The number of carbonyl (C=O) groups excluding carboxylic acids is 1. The third kappa shape index (κ3) is 3.50. The Hall–Kier alpha value is -2.79. The molecule has 1 fully saturated rings. The molecule has 1 amide bonds. The number of primary sulfonamides is 1. The molecule has 11 heteroatoms. The molecule has 1 aliphatic carbocycles. The lowest BCUT2D eigenvalue weighted by Crippen LogP contribution is -2.49. The molecule has 2 heterocycles. The molecule has 0 radical (unpaired) electrons. The number of benzene rings is 1. The van der Waals surface area contributed by atoms with Gasteiger partial charge in [-0.05, 0) is 37.1 Å². The number of hydrogen-bond donors (Lipinski definition) is 2. The zero-order valence-electron chi connectivity index (χ0n) is 14.7. The van der Waals surface area contributed by atoms with Gasteiger partial charge in [0.25, 0.3) is 0 Å². The summed E-state index contributed by atoms with van der Waals surface area (Å²) < 4.78 is 41.7.